The van der Waals surface area contributed by atoms with E-state index in [1.54, 1.807) is 5.56 Å². The van der Waals surface area contributed by atoms with Crippen LogP contribution in [0.5, 0.6) is 0 Å². The molecule has 0 unspecified atom stereocenters. The zero-order valence-corrected chi connectivity index (χ0v) is 7.80. The van der Waals surface area contributed by atoms with Gasteiger partial charge in [0.1, 0.15) is 0 Å². The number of hydrogen-bond donors (Lipinski definition) is 0. The van der Waals surface area contributed by atoms with Crippen molar-refractivity contribution < 1.29 is 0 Å². The first kappa shape index (κ1) is 7.85. The van der Waals surface area contributed by atoms with Crippen LogP contribution in [0.1, 0.15) is 49.7 Å². The van der Waals surface area contributed by atoms with E-state index < -0.39 is 0 Å². The Balaban J connectivity index is 2.36. The summed E-state index contributed by atoms with van der Waals surface area (Å²) < 4.78 is 0. The second-order valence-electron chi connectivity index (χ2n) is 3.98. The van der Waals surface area contributed by atoms with Crippen LogP contribution in [0, 0.1) is 6.07 Å². The average molecular weight is 159 g/mol. The molecule has 0 spiro atoms. The van der Waals surface area contributed by atoms with E-state index in [9.17, 15) is 0 Å². The van der Waals surface area contributed by atoms with Gasteiger partial charge in [-0.05, 0) is 41.9 Å². The molecule has 2 rings (SSSR count). The van der Waals surface area contributed by atoms with E-state index in [1.807, 2.05) is 6.07 Å². The molecule has 0 saturated heterocycles. The number of benzene rings is 1. The highest BCUT2D eigenvalue weighted by molar-refractivity contribution is 5.34. The first-order chi connectivity index (χ1) is 5.79. The van der Waals surface area contributed by atoms with Crippen LogP contribution in [-0.4, -0.2) is 0 Å². The van der Waals surface area contributed by atoms with Gasteiger partial charge < -0.3 is 0 Å². The van der Waals surface area contributed by atoms with Crippen LogP contribution in [0.2, 0.25) is 0 Å². The van der Waals surface area contributed by atoms with Crippen molar-refractivity contribution in [3.63, 3.8) is 0 Å². The maximum absolute atomic E-state index is 3.17. The highest BCUT2D eigenvalue weighted by atomic mass is 14.3. The SMILES string of the molecule is CC(C)c1c[c]ccc1C1CC1. The van der Waals surface area contributed by atoms with E-state index in [4.69, 9.17) is 0 Å². The molecule has 0 N–H and O–H groups in total. The van der Waals surface area contributed by atoms with Gasteiger partial charge in [0, 0.05) is 0 Å². The van der Waals surface area contributed by atoms with Gasteiger partial charge in [-0.3, -0.25) is 0 Å². The molecule has 0 bridgehead atoms. The van der Waals surface area contributed by atoms with E-state index >= 15 is 0 Å². The van der Waals surface area contributed by atoms with Gasteiger partial charge in [0.05, 0.1) is 0 Å². The lowest BCUT2D eigenvalue weighted by molar-refractivity contribution is 0.841. The van der Waals surface area contributed by atoms with E-state index in [0.29, 0.717) is 5.92 Å². The van der Waals surface area contributed by atoms with Gasteiger partial charge >= 0.3 is 0 Å². The highest BCUT2D eigenvalue weighted by Crippen LogP contribution is 2.42. The molecule has 0 aliphatic heterocycles. The van der Waals surface area contributed by atoms with Gasteiger partial charge in [-0.1, -0.05) is 32.0 Å². The Morgan fingerprint density at radius 1 is 1.42 bits per heavy atom. The molecule has 63 valence electrons. The monoisotopic (exact) mass is 159 g/mol. The second kappa shape index (κ2) is 2.93. The van der Waals surface area contributed by atoms with Gasteiger partial charge in [0.25, 0.3) is 0 Å². The molecular weight excluding hydrogens is 144 g/mol. The molecule has 0 heterocycles. The van der Waals surface area contributed by atoms with Gasteiger partial charge in [-0.25, -0.2) is 0 Å². The summed E-state index contributed by atoms with van der Waals surface area (Å²) in [4.78, 5) is 0. The summed E-state index contributed by atoms with van der Waals surface area (Å²) >= 11 is 0. The van der Waals surface area contributed by atoms with Crippen molar-refractivity contribution in [1.82, 2.24) is 0 Å². The first-order valence-corrected chi connectivity index (χ1v) is 4.79. The molecule has 0 heteroatoms. The summed E-state index contributed by atoms with van der Waals surface area (Å²) in [5.74, 6) is 1.52. The molecule has 12 heavy (non-hydrogen) atoms. The predicted octanol–water partition coefficient (Wildman–Crippen LogP) is 3.49. The van der Waals surface area contributed by atoms with Crippen molar-refractivity contribution in [1.29, 1.82) is 0 Å². The van der Waals surface area contributed by atoms with Crippen molar-refractivity contribution in [2.75, 3.05) is 0 Å². The third kappa shape index (κ3) is 1.38. The van der Waals surface area contributed by atoms with Crippen LogP contribution >= 0.6 is 0 Å². The smallest absolute Gasteiger partial charge is 0.0159 e. The molecule has 1 fully saturated rings. The van der Waals surface area contributed by atoms with Crippen molar-refractivity contribution in [3.05, 3.63) is 35.4 Å². The Bertz CT molecular complexity index is 248. The minimum Gasteiger partial charge on any atom is -0.0587 e. The average Bonchev–Trinajstić information content (AvgIpc) is 2.87. The van der Waals surface area contributed by atoms with Gasteiger partial charge in [-0.15, -0.1) is 0 Å². The lowest BCUT2D eigenvalue weighted by Crippen LogP contribution is -1.93. The largest absolute Gasteiger partial charge is 0.0587 e. The maximum atomic E-state index is 3.17. The third-order valence-corrected chi connectivity index (χ3v) is 2.57. The molecule has 0 atom stereocenters. The zero-order valence-electron chi connectivity index (χ0n) is 7.80. The number of hydrogen-bond acceptors (Lipinski definition) is 0. The topological polar surface area (TPSA) is 0 Å². The van der Waals surface area contributed by atoms with Crippen molar-refractivity contribution in [2.24, 2.45) is 0 Å². The van der Waals surface area contributed by atoms with E-state index in [-0.39, 0.29) is 0 Å². The summed E-state index contributed by atoms with van der Waals surface area (Å²) in [6, 6.07) is 9.60. The Hall–Kier alpha value is -0.780. The Labute approximate surface area is 74.6 Å². The standard InChI is InChI=1S/C12H15/c1-9(2)11-5-3-4-6-12(11)10-7-8-10/h4-6,9-10H,7-8H2,1-2H3. The first-order valence-electron chi connectivity index (χ1n) is 4.79. The van der Waals surface area contributed by atoms with Crippen molar-refractivity contribution in [3.8, 4) is 0 Å². The summed E-state index contributed by atoms with van der Waals surface area (Å²) in [6.45, 7) is 4.52. The molecule has 0 nitrogen and oxygen atoms in total. The Kier molecular flexibility index (Phi) is 1.92. The van der Waals surface area contributed by atoms with Crippen molar-refractivity contribution >= 4 is 0 Å². The van der Waals surface area contributed by atoms with Crippen molar-refractivity contribution in [2.45, 2.75) is 38.5 Å². The molecule has 1 radical (unpaired) electrons. The van der Waals surface area contributed by atoms with Gasteiger partial charge in [0.2, 0.25) is 0 Å². The summed E-state index contributed by atoms with van der Waals surface area (Å²) in [5.41, 5.74) is 3.07. The maximum Gasteiger partial charge on any atom is -0.0159 e. The van der Waals surface area contributed by atoms with Gasteiger partial charge in [0.15, 0.2) is 0 Å². The summed E-state index contributed by atoms with van der Waals surface area (Å²) in [7, 11) is 0. The third-order valence-electron chi connectivity index (χ3n) is 2.57. The molecule has 1 aromatic rings. The molecule has 1 aromatic carbocycles. The minimum atomic E-state index is 0.651. The van der Waals surface area contributed by atoms with Crippen LogP contribution in [0.15, 0.2) is 18.2 Å². The number of rotatable bonds is 2. The fraction of sp³-hybridized carbons (Fsp3) is 0.500. The molecule has 1 saturated carbocycles. The van der Waals surface area contributed by atoms with Crippen LogP contribution in [0.3, 0.4) is 0 Å². The quantitative estimate of drug-likeness (QED) is 0.619. The second-order valence-corrected chi connectivity index (χ2v) is 3.98. The van der Waals surface area contributed by atoms with E-state index in [0.717, 1.165) is 5.92 Å². The van der Waals surface area contributed by atoms with Gasteiger partial charge in [-0.2, -0.15) is 0 Å². The lowest BCUT2D eigenvalue weighted by Gasteiger charge is -2.10. The van der Waals surface area contributed by atoms with E-state index in [2.05, 4.69) is 32.0 Å². The molecular formula is C12H15. The minimum absolute atomic E-state index is 0.651. The molecule has 1 aliphatic carbocycles. The fourth-order valence-electron chi connectivity index (χ4n) is 1.72. The highest BCUT2D eigenvalue weighted by Gasteiger charge is 2.25. The lowest BCUT2D eigenvalue weighted by atomic mass is 9.95. The fourth-order valence-corrected chi connectivity index (χ4v) is 1.72. The molecule has 1 aliphatic rings. The van der Waals surface area contributed by atoms with Crippen LogP contribution in [-0.2, 0) is 0 Å². The van der Waals surface area contributed by atoms with Crippen LogP contribution < -0.4 is 0 Å². The normalized spacial score (nSPS) is 16.9. The Morgan fingerprint density at radius 2 is 2.17 bits per heavy atom. The van der Waals surface area contributed by atoms with E-state index in [1.165, 1.54) is 18.4 Å². The molecule has 0 aromatic heterocycles. The van der Waals surface area contributed by atoms with Crippen LogP contribution in [0.4, 0.5) is 0 Å². The van der Waals surface area contributed by atoms with Crippen LogP contribution in [0.25, 0.3) is 0 Å². The zero-order chi connectivity index (χ0) is 8.55. The predicted molar refractivity (Wildman–Crippen MR) is 51.3 cm³/mol. The molecule has 0 amide bonds. The summed E-state index contributed by atoms with van der Waals surface area (Å²) in [6.07, 6.45) is 2.79. The summed E-state index contributed by atoms with van der Waals surface area (Å²) in [5, 5.41) is 0. The Morgan fingerprint density at radius 3 is 2.75 bits per heavy atom.